The summed E-state index contributed by atoms with van der Waals surface area (Å²) < 4.78 is 0. The van der Waals surface area contributed by atoms with Gasteiger partial charge in [-0.05, 0) is 17.2 Å². The highest BCUT2D eigenvalue weighted by Gasteiger charge is 2.25. The van der Waals surface area contributed by atoms with E-state index in [1.807, 2.05) is 0 Å². The molecule has 1 heteroatoms. The number of rotatable bonds is 3. The number of hydrogen-bond acceptors (Lipinski definition) is 0. The van der Waals surface area contributed by atoms with E-state index in [4.69, 9.17) is 0 Å². The maximum atomic E-state index is 2.47. The summed E-state index contributed by atoms with van der Waals surface area (Å²) in [6, 6.07) is 27.6. The van der Waals surface area contributed by atoms with Crippen molar-refractivity contribution in [3.63, 3.8) is 0 Å². The van der Waals surface area contributed by atoms with Crippen molar-refractivity contribution in [2.24, 2.45) is 0 Å². The molecule has 0 spiro atoms. The van der Waals surface area contributed by atoms with Crippen molar-refractivity contribution in [1.29, 1.82) is 0 Å². The number of hydrogen-bond donors (Lipinski definition) is 0. The highest BCUT2D eigenvalue weighted by molar-refractivity contribution is 6.89. The van der Waals surface area contributed by atoms with Gasteiger partial charge in [0, 0.05) is 0 Å². The summed E-state index contributed by atoms with van der Waals surface area (Å²) in [5.74, 6) is 0. The van der Waals surface area contributed by atoms with Crippen LogP contribution in [0.2, 0.25) is 13.1 Å². The first-order valence-corrected chi connectivity index (χ1v) is 10.4. The predicted octanol–water partition coefficient (Wildman–Crippen LogP) is 4.49. The summed E-state index contributed by atoms with van der Waals surface area (Å²) in [4.78, 5) is 0. The smallest absolute Gasteiger partial charge is 0.0652 e. The van der Waals surface area contributed by atoms with Gasteiger partial charge >= 0.3 is 0 Å². The molecule has 0 bridgehead atoms. The minimum atomic E-state index is -1.43. The molecule has 0 atom stereocenters. The van der Waals surface area contributed by atoms with E-state index in [1.54, 1.807) is 5.19 Å². The Kier molecular flexibility index (Phi) is 3.45. The number of fused-ring (bicyclic) bond motifs is 1. The molecule has 0 radical (unpaired) electrons. The molecule has 2 aliphatic rings. The Morgan fingerprint density at radius 3 is 1.75 bits per heavy atom. The molecular formula is C19H20Si. The van der Waals surface area contributed by atoms with Gasteiger partial charge in [0.15, 0.2) is 0 Å². The van der Waals surface area contributed by atoms with E-state index in [0.29, 0.717) is 0 Å². The molecule has 100 valence electrons. The van der Waals surface area contributed by atoms with E-state index in [9.17, 15) is 0 Å². The van der Waals surface area contributed by atoms with Gasteiger partial charge in [0.05, 0.1) is 8.07 Å². The monoisotopic (exact) mass is 276 g/mol. The fourth-order valence-corrected chi connectivity index (χ4v) is 5.37. The average molecular weight is 276 g/mol. The van der Waals surface area contributed by atoms with Crippen molar-refractivity contribution < 1.29 is 0 Å². The fraction of sp³-hybridized carbons (Fsp3) is 0.158. The Bertz CT molecular complexity index is 640. The van der Waals surface area contributed by atoms with Gasteiger partial charge in [0.1, 0.15) is 0 Å². The summed E-state index contributed by atoms with van der Waals surface area (Å²) in [6.07, 6.45) is 0. The van der Waals surface area contributed by atoms with Crippen molar-refractivity contribution in [3.05, 3.63) is 78.4 Å². The molecule has 1 aromatic rings. The Morgan fingerprint density at radius 2 is 1.20 bits per heavy atom. The third-order valence-electron chi connectivity index (χ3n) is 4.00. The van der Waals surface area contributed by atoms with E-state index < -0.39 is 8.07 Å². The Labute approximate surface area is 122 Å². The molecule has 0 nitrogen and oxygen atoms in total. The Balaban J connectivity index is 1.95. The highest BCUT2D eigenvalue weighted by atomic mass is 28.3. The molecule has 20 heavy (non-hydrogen) atoms. The third-order valence-corrected chi connectivity index (χ3v) is 7.14. The molecule has 1 aromatic carbocycles. The van der Waals surface area contributed by atoms with Crippen LogP contribution in [0.25, 0.3) is 11.1 Å². The summed E-state index contributed by atoms with van der Waals surface area (Å²) >= 11 is 0. The summed E-state index contributed by atoms with van der Waals surface area (Å²) in [5.41, 5.74) is 4.18. The van der Waals surface area contributed by atoms with Crippen LogP contribution in [0.1, 0.15) is 5.56 Å². The normalized spacial score (nSPS) is 11.7. The lowest BCUT2D eigenvalue weighted by molar-refractivity contribution is 1.33. The van der Waals surface area contributed by atoms with Gasteiger partial charge in [-0.3, -0.25) is 0 Å². The third kappa shape index (κ3) is 2.68. The highest BCUT2D eigenvalue weighted by Crippen LogP contribution is 2.23. The van der Waals surface area contributed by atoms with Crippen LogP contribution in [-0.2, 0) is 6.04 Å². The second-order valence-corrected chi connectivity index (χ2v) is 10.8. The van der Waals surface area contributed by atoms with Crippen LogP contribution >= 0.6 is 0 Å². The molecule has 0 fully saturated rings. The topological polar surface area (TPSA) is 0 Å². The van der Waals surface area contributed by atoms with E-state index in [0.717, 1.165) is 0 Å². The van der Waals surface area contributed by atoms with Crippen molar-refractivity contribution in [1.82, 2.24) is 0 Å². The molecular weight excluding hydrogens is 256 g/mol. The van der Waals surface area contributed by atoms with Crippen LogP contribution in [-0.4, -0.2) is 8.07 Å². The van der Waals surface area contributed by atoms with Crippen molar-refractivity contribution in [2.75, 3.05) is 0 Å². The maximum absolute atomic E-state index is 2.47. The largest absolute Gasteiger partial charge is 0.0849 e. The van der Waals surface area contributed by atoms with Gasteiger partial charge in [-0.2, -0.15) is 0 Å². The first kappa shape index (κ1) is 13.1. The molecule has 0 aliphatic heterocycles. The summed E-state index contributed by atoms with van der Waals surface area (Å²) in [6.45, 7) is 4.93. The molecule has 2 aliphatic carbocycles. The average Bonchev–Trinajstić information content (AvgIpc) is 2.72. The first-order valence-electron chi connectivity index (χ1n) is 7.18. The molecule has 0 heterocycles. The van der Waals surface area contributed by atoms with E-state index in [-0.39, 0.29) is 0 Å². The lowest BCUT2D eigenvalue weighted by atomic mass is 10.2. The zero-order chi connectivity index (χ0) is 14.0. The van der Waals surface area contributed by atoms with Crippen molar-refractivity contribution in [3.8, 4) is 11.1 Å². The molecule has 0 amide bonds. The van der Waals surface area contributed by atoms with Gasteiger partial charge in [-0.25, -0.2) is 0 Å². The number of benzene rings is 1. The second kappa shape index (κ2) is 5.26. The van der Waals surface area contributed by atoms with E-state index in [2.05, 4.69) is 85.9 Å². The second-order valence-electron chi connectivity index (χ2n) is 6.11. The lowest BCUT2D eigenvalue weighted by Crippen LogP contribution is -2.43. The standard InChI is InChI=1S/C19H20Si/c1-20(2,15-16-9-5-3-6-10-16)19-13-17-11-7-4-8-12-18(17)14-19/h3-14H,15H2,1-2H3. The molecule has 3 rings (SSSR count). The van der Waals surface area contributed by atoms with Crippen LogP contribution in [0.5, 0.6) is 0 Å². The van der Waals surface area contributed by atoms with Crippen LogP contribution in [0.3, 0.4) is 0 Å². The van der Waals surface area contributed by atoms with Gasteiger partial charge in [-0.15, -0.1) is 0 Å². The molecule has 0 unspecified atom stereocenters. The van der Waals surface area contributed by atoms with Gasteiger partial charge in [0.2, 0.25) is 0 Å². The molecule has 0 saturated heterocycles. The van der Waals surface area contributed by atoms with Crippen LogP contribution in [0.15, 0.2) is 72.8 Å². The van der Waals surface area contributed by atoms with Gasteiger partial charge < -0.3 is 0 Å². The Hall–Kier alpha value is -1.86. The van der Waals surface area contributed by atoms with Crippen molar-refractivity contribution >= 4 is 13.3 Å². The Morgan fingerprint density at radius 1 is 0.700 bits per heavy atom. The minimum absolute atomic E-state index is 1.20. The van der Waals surface area contributed by atoms with Crippen LogP contribution in [0, 0.1) is 0 Å². The van der Waals surface area contributed by atoms with E-state index in [1.165, 1.54) is 22.7 Å². The zero-order valence-electron chi connectivity index (χ0n) is 12.1. The maximum Gasteiger partial charge on any atom is 0.0849 e. The van der Waals surface area contributed by atoms with Gasteiger partial charge in [-0.1, -0.05) is 96.6 Å². The minimum Gasteiger partial charge on any atom is -0.0652 e. The van der Waals surface area contributed by atoms with Crippen LogP contribution in [0.4, 0.5) is 0 Å². The van der Waals surface area contributed by atoms with Gasteiger partial charge in [0.25, 0.3) is 0 Å². The summed E-state index contributed by atoms with van der Waals surface area (Å²) in [5, 5.41) is 1.56. The van der Waals surface area contributed by atoms with Crippen molar-refractivity contribution in [2.45, 2.75) is 19.1 Å². The molecule has 0 saturated carbocycles. The molecule has 0 aromatic heterocycles. The lowest BCUT2D eigenvalue weighted by Gasteiger charge is -2.21. The zero-order valence-corrected chi connectivity index (χ0v) is 13.1. The fourth-order valence-electron chi connectivity index (χ4n) is 2.81. The molecule has 0 N–H and O–H groups in total. The quantitative estimate of drug-likeness (QED) is 0.618. The SMILES string of the molecule is C[Si](C)(Cc1ccccc1)c1cc2cccccc-2c1. The van der Waals surface area contributed by atoms with Crippen LogP contribution < -0.4 is 5.19 Å². The summed E-state index contributed by atoms with van der Waals surface area (Å²) in [7, 11) is -1.43. The predicted molar refractivity (Wildman–Crippen MR) is 90.3 cm³/mol. The first-order chi connectivity index (χ1) is 9.65. The van der Waals surface area contributed by atoms with E-state index >= 15 is 0 Å².